The SMILES string of the molecule is CCC1(CC)C(=O)N(c2ccc(C#N)c(Cl)c2)C(=S)N1c1ccc2c(cnn2C)c1. The summed E-state index contributed by atoms with van der Waals surface area (Å²) in [6, 6.07) is 12.9. The van der Waals surface area contributed by atoms with Crippen molar-refractivity contribution in [1.29, 1.82) is 5.26 Å². The fraction of sp³-hybridized carbons (Fsp3) is 0.273. The number of hydrogen-bond acceptors (Lipinski definition) is 4. The van der Waals surface area contributed by atoms with E-state index >= 15 is 0 Å². The van der Waals surface area contributed by atoms with Gasteiger partial charge in [-0.1, -0.05) is 25.4 Å². The second kappa shape index (κ2) is 7.38. The van der Waals surface area contributed by atoms with Crippen molar-refractivity contribution >= 4 is 57.1 Å². The van der Waals surface area contributed by atoms with Crippen molar-refractivity contribution in [2.24, 2.45) is 7.05 Å². The first kappa shape index (κ1) is 20.3. The molecule has 30 heavy (non-hydrogen) atoms. The number of rotatable bonds is 4. The molecule has 0 N–H and O–H groups in total. The average Bonchev–Trinajstić information content (AvgIpc) is 3.22. The lowest BCUT2D eigenvalue weighted by molar-refractivity contribution is -0.121. The Hall–Kier alpha value is -2.95. The lowest BCUT2D eigenvalue weighted by atomic mass is 9.90. The van der Waals surface area contributed by atoms with Crippen LogP contribution < -0.4 is 9.80 Å². The lowest BCUT2D eigenvalue weighted by Crippen LogP contribution is -2.49. The van der Waals surface area contributed by atoms with Crippen molar-refractivity contribution in [2.45, 2.75) is 32.2 Å². The Morgan fingerprint density at radius 3 is 2.50 bits per heavy atom. The van der Waals surface area contributed by atoms with Crippen LogP contribution in [0.25, 0.3) is 10.9 Å². The topological polar surface area (TPSA) is 65.2 Å². The van der Waals surface area contributed by atoms with Crippen LogP contribution >= 0.6 is 23.8 Å². The number of aryl methyl sites for hydroxylation is 1. The van der Waals surface area contributed by atoms with Crippen LogP contribution in [0.5, 0.6) is 0 Å². The van der Waals surface area contributed by atoms with E-state index in [-0.39, 0.29) is 5.91 Å². The van der Waals surface area contributed by atoms with Gasteiger partial charge in [0.15, 0.2) is 5.11 Å². The predicted octanol–water partition coefficient (Wildman–Crippen LogP) is 4.80. The highest BCUT2D eigenvalue weighted by atomic mass is 35.5. The van der Waals surface area contributed by atoms with Gasteiger partial charge in [-0.15, -0.1) is 0 Å². The van der Waals surface area contributed by atoms with Crippen molar-refractivity contribution in [3.63, 3.8) is 0 Å². The number of halogens is 1. The Labute approximate surface area is 185 Å². The number of carbonyl (C=O) groups excluding carboxylic acids is 1. The van der Waals surface area contributed by atoms with Crippen molar-refractivity contribution in [3.8, 4) is 6.07 Å². The van der Waals surface area contributed by atoms with Gasteiger partial charge in [-0.2, -0.15) is 10.4 Å². The second-order valence-corrected chi connectivity index (χ2v) is 8.06. The summed E-state index contributed by atoms with van der Waals surface area (Å²) in [6.07, 6.45) is 2.99. The molecule has 1 fully saturated rings. The minimum Gasteiger partial charge on any atom is -0.303 e. The molecule has 0 spiro atoms. The van der Waals surface area contributed by atoms with Gasteiger partial charge in [-0.05, 0) is 61.5 Å². The summed E-state index contributed by atoms with van der Waals surface area (Å²) in [6.45, 7) is 3.99. The molecular formula is C22H20ClN5OS. The summed E-state index contributed by atoms with van der Waals surface area (Å²) in [5.41, 5.74) is 1.97. The number of fused-ring (bicyclic) bond motifs is 1. The Bertz CT molecular complexity index is 1220. The summed E-state index contributed by atoms with van der Waals surface area (Å²) >= 11 is 12.1. The molecule has 0 atom stereocenters. The Morgan fingerprint density at radius 1 is 1.17 bits per heavy atom. The van der Waals surface area contributed by atoms with E-state index in [1.54, 1.807) is 24.4 Å². The molecule has 0 bridgehead atoms. The van der Waals surface area contributed by atoms with Crippen LogP contribution in [0, 0.1) is 11.3 Å². The zero-order chi connectivity index (χ0) is 21.6. The number of benzene rings is 2. The van der Waals surface area contributed by atoms with Crippen molar-refractivity contribution in [1.82, 2.24) is 9.78 Å². The fourth-order valence-electron chi connectivity index (χ4n) is 4.15. The van der Waals surface area contributed by atoms with Gasteiger partial charge in [-0.25, -0.2) is 0 Å². The number of aromatic nitrogens is 2. The third-order valence-electron chi connectivity index (χ3n) is 5.90. The largest absolute Gasteiger partial charge is 0.303 e. The number of nitrogens with zero attached hydrogens (tertiary/aromatic N) is 5. The third-order valence-corrected chi connectivity index (χ3v) is 6.58. The molecule has 0 unspecified atom stereocenters. The molecule has 0 saturated carbocycles. The highest BCUT2D eigenvalue weighted by molar-refractivity contribution is 7.81. The molecule has 4 rings (SSSR count). The molecule has 1 aromatic heterocycles. The number of nitriles is 1. The minimum absolute atomic E-state index is 0.0930. The monoisotopic (exact) mass is 437 g/mol. The summed E-state index contributed by atoms with van der Waals surface area (Å²) in [5, 5.41) is 15.1. The fourth-order valence-corrected chi connectivity index (χ4v) is 4.84. The summed E-state index contributed by atoms with van der Waals surface area (Å²) in [7, 11) is 1.89. The highest BCUT2D eigenvalue weighted by Gasteiger charge is 2.54. The van der Waals surface area contributed by atoms with Crippen LogP contribution in [0.15, 0.2) is 42.6 Å². The van der Waals surface area contributed by atoms with E-state index in [4.69, 9.17) is 29.1 Å². The Kier molecular flexibility index (Phi) is 5.00. The molecule has 0 aliphatic carbocycles. The van der Waals surface area contributed by atoms with Crippen LogP contribution in [-0.2, 0) is 11.8 Å². The van der Waals surface area contributed by atoms with E-state index in [1.165, 1.54) is 4.90 Å². The number of thiocarbonyl (C=S) groups is 1. The molecule has 2 aromatic carbocycles. The van der Waals surface area contributed by atoms with E-state index in [0.29, 0.717) is 34.2 Å². The number of amides is 1. The van der Waals surface area contributed by atoms with Crippen molar-refractivity contribution < 1.29 is 4.79 Å². The van der Waals surface area contributed by atoms with E-state index in [1.807, 2.05) is 54.7 Å². The van der Waals surface area contributed by atoms with Gasteiger partial charge in [0.25, 0.3) is 5.91 Å². The van der Waals surface area contributed by atoms with Gasteiger partial charge < -0.3 is 4.90 Å². The van der Waals surface area contributed by atoms with Gasteiger partial charge in [0.05, 0.1) is 28.0 Å². The van der Waals surface area contributed by atoms with Crippen molar-refractivity contribution in [3.05, 3.63) is 53.2 Å². The van der Waals surface area contributed by atoms with E-state index in [2.05, 4.69) is 5.10 Å². The van der Waals surface area contributed by atoms with Crippen LogP contribution in [0.4, 0.5) is 11.4 Å². The molecule has 2 heterocycles. The molecule has 1 aliphatic rings. The maximum atomic E-state index is 13.7. The lowest BCUT2D eigenvalue weighted by Gasteiger charge is -2.34. The molecular weight excluding hydrogens is 418 g/mol. The standard InChI is InChI=1S/C22H20ClN5OS/c1-4-22(5-2)20(29)27(16-7-6-14(12-24)18(23)11-16)21(30)28(22)17-8-9-19-15(10-17)13-25-26(19)3/h6-11,13H,4-5H2,1-3H3. The average molecular weight is 438 g/mol. The first-order chi connectivity index (χ1) is 14.4. The first-order valence-corrected chi connectivity index (χ1v) is 10.5. The Balaban J connectivity index is 1.86. The molecule has 3 aromatic rings. The van der Waals surface area contributed by atoms with E-state index < -0.39 is 5.54 Å². The van der Waals surface area contributed by atoms with Gasteiger partial charge in [-0.3, -0.25) is 14.4 Å². The summed E-state index contributed by atoms with van der Waals surface area (Å²) in [4.78, 5) is 17.2. The van der Waals surface area contributed by atoms with Crippen LogP contribution in [0.3, 0.4) is 0 Å². The maximum Gasteiger partial charge on any atom is 0.259 e. The molecule has 1 amide bonds. The molecule has 1 saturated heterocycles. The highest BCUT2D eigenvalue weighted by Crippen LogP contribution is 2.41. The van der Waals surface area contributed by atoms with Gasteiger partial charge in [0.2, 0.25) is 0 Å². The zero-order valence-corrected chi connectivity index (χ0v) is 18.5. The molecule has 1 aliphatic heterocycles. The third kappa shape index (κ3) is 2.79. The number of hydrogen-bond donors (Lipinski definition) is 0. The maximum absolute atomic E-state index is 13.7. The first-order valence-electron chi connectivity index (χ1n) is 9.68. The van der Waals surface area contributed by atoms with Crippen LogP contribution in [0.1, 0.15) is 32.3 Å². The zero-order valence-electron chi connectivity index (χ0n) is 16.9. The number of anilines is 2. The second-order valence-electron chi connectivity index (χ2n) is 7.28. The van der Waals surface area contributed by atoms with Gasteiger partial charge in [0, 0.05) is 18.1 Å². The molecule has 152 valence electrons. The van der Waals surface area contributed by atoms with Gasteiger partial charge >= 0.3 is 0 Å². The van der Waals surface area contributed by atoms with E-state index in [0.717, 1.165) is 16.6 Å². The quantitative estimate of drug-likeness (QED) is 0.549. The smallest absolute Gasteiger partial charge is 0.259 e. The molecule has 8 heteroatoms. The molecule has 0 radical (unpaired) electrons. The van der Waals surface area contributed by atoms with Crippen LogP contribution in [-0.4, -0.2) is 26.3 Å². The minimum atomic E-state index is -0.798. The van der Waals surface area contributed by atoms with Gasteiger partial charge in [0.1, 0.15) is 11.6 Å². The molecule has 6 nitrogen and oxygen atoms in total. The van der Waals surface area contributed by atoms with Crippen molar-refractivity contribution in [2.75, 3.05) is 9.80 Å². The van der Waals surface area contributed by atoms with E-state index in [9.17, 15) is 4.79 Å². The summed E-state index contributed by atoms with van der Waals surface area (Å²) < 4.78 is 1.81. The predicted molar refractivity (Wildman–Crippen MR) is 123 cm³/mol. The normalized spacial score (nSPS) is 15.8. The summed E-state index contributed by atoms with van der Waals surface area (Å²) in [5.74, 6) is -0.0930. The number of carbonyl (C=O) groups is 1. The Morgan fingerprint density at radius 2 is 1.87 bits per heavy atom. The van der Waals surface area contributed by atoms with Crippen LogP contribution in [0.2, 0.25) is 5.02 Å².